The summed E-state index contributed by atoms with van der Waals surface area (Å²) < 4.78 is 1.08. The first-order chi connectivity index (χ1) is 10.2. The quantitative estimate of drug-likeness (QED) is 0.810. The highest BCUT2D eigenvalue weighted by molar-refractivity contribution is 9.10. The summed E-state index contributed by atoms with van der Waals surface area (Å²) in [5.41, 5.74) is 3.62. The molecule has 0 fully saturated rings. The van der Waals surface area contributed by atoms with Crippen LogP contribution in [0, 0.1) is 0 Å². The molecular weight excluding hydrogens is 346 g/mol. The number of amides is 1. The average molecular weight is 362 g/mol. The number of fused-ring (bicyclic) bond motifs is 1. The van der Waals surface area contributed by atoms with Gasteiger partial charge in [-0.25, -0.2) is 0 Å². The molecule has 0 saturated heterocycles. The fourth-order valence-corrected chi connectivity index (χ4v) is 3.64. The van der Waals surface area contributed by atoms with Gasteiger partial charge in [-0.15, -0.1) is 11.8 Å². The second-order valence-electron chi connectivity index (χ2n) is 5.04. The molecule has 0 spiro atoms. The van der Waals surface area contributed by atoms with Crippen LogP contribution in [-0.4, -0.2) is 18.2 Å². The Morgan fingerprint density at radius 3 is 2.71 bits per heavy atom. The summed E-state index contributed by atoms with van der Waals surface area (Å²) in [5.74, 6) is 1.61. The second kappa shape index (κ2) is 6.67. The summed E-state index contributed by atoms with van der Waals surface area (Å²) in [6, 6.07) is 16.4. The number of carbonyl (C=O) groups excluding carboxylic acids is 1. The van der Waals surface area contributed by atoms with Crippen molar-refractivity contribution in [2.24, 2.45) is 0 Å². The van der Waals surface area contributed by atoms with E-state index in [9.17, 15) is 4.79 Å². The molecule has 1 aliphatic heterocycles. The standard InChI is InChI=1S/C17H16BrNOS/c18-15-7-5-13(6-8-15)11-21-12-17(20)19-10-9-14-3-1-2-4-16(14)19/h1-8H,9-12H2. The molecule has 1 heterocycles. The van der Waals surface area contributed by atoms with Crippen LogP contribution in [0.1, 0.15) is 11.1 Å². The van der Waals surface area contributed by atoms with Crippen LogP contribution in [0.2, 0.25) is 0 Å². The number of nitrogens with zero attached hydrogens (tertiary/aromatic N) is 1. The van der Waals surface area contributed by atoms with Crippen LogP contribution in [-0.2, 0) is 17.0 Å². The topological polar surface area (TPSA) is 20.3 Å². The van der Waals surface area contributed by atoms with Gasteiger partial charge in [0.2, 0.25) is 5.91 Å². The molecule has 4 heteroatoms. The molecule has 2 nitrogen and oxygen atoms in total. The van der Waals surface area contributed by atoms with E-state index in [0.717, 1.165) is 28.9 Å². The number of anilines is 1. The molecule has 1 amide bonds. The number of thioether (sulfide) groups is 1. The third-order valence-corrected chi connectivity index (χ3v) is 5.11. The van der Waals surface area contributed by atoms with Crippen molar-refractivity contribution in [3.8, 4) is 0 Å². The van der Waals surface area contributed by atoms with Gasteiger partial charge in [-0.1, -0.05) is 46.3 Å². The lowest BCUT2D eigenvalue weighted by molar-refractivity contribution is -0.116. The summed E-state index contributed by atoms with van der Waals surface area (Å²) in [6.07, 6.45) is 0.972. The van der Waals surface area contributed by atoms with Crippen molar-refractivity contribution in [3.05, 3.63) is 64.1 Å². The predicted octanol–water partition coefficient (Wildman–Crippen LogP) is 4.27. The van der Waals surface area contributed by atoms with Crippen LogP contribution in [0.5, 0.6) is 0 Å². The molecule has 1 aliphatic rings. The van der Waals surface area contributed by atoms with Gasteiger partial charge in [0.1, 0.15) is 0 Å². The Bertz CT molecular complexity index is 641. The lowest BCUT2D eigenvalue weighted by Gasteiger charge is -2.17. The molecule has 0 atom stereocenters. The first-order valence-electron chi connectivity index (χ1n) is 6.94. The maximum atomic E-state index is 12.3. The fourth-order valence-electron chi connectivity index (χ4n) is 2.51. The third kappa shape index (κ3) is 3.50. The molecular formula is C17H16BrNOS. The predicted molar refractivity (Wildman–Crippen MR) is 92.8 cm³/mol. The highest BCUT2D eigenvalue weighted by Gasteiger charge is 2.23. The number of halogens is 1. The molecule has 0 bridgehead atoms. The number of carbonyl (C=O) groups is 1. The van der Waals surface area contributed by atoms with E-state index in [0.29, 0.717) is 5.75 Å². The molecule has 0 saturated carbocycles. The zero-order valence-corrected chi connectivity index (χ0v) is 14.0. The minimum atomic E-state index is 0.210. The molecule has 0 aromatic heterocycles. The maximum absolute atomic E-state index is 12.3. The van der Waals surface area contributed by atoms with Crippen molar-refractivity contribution in [3.63, 3.8) is 0 Å². The Kier molecular flexibility index (Phi) is 4.66. The minimum absolute atomic E-state index is 0.210. The van der Waals surface area contributed by atoms with Gasteiger partial charge in [0, 0.05) is 22.5 Å². The van der Waals surface area contributed by atoms with Crippen LogP contribution in [0.4, 0.5) is 5.69 Å². The van der Waals surface area contributed by atoms with E-state index >= 15 is 0 Å². The van der Waals surface area contributed by atoms with Crippen LogP contribution < -0.4 is 4.90 Å². The summed E-state index contributed by atoms with van der Waals surface area (Å²) >= 11 is 5.10. The molecule has 0 radical (unpaired) electrons. The van der Waals surface area contributed by atoms with Crippen molar-refractivity contribution < 1.29 is 4.79 Å². The monoisotopic (exact) mass is 361 g/mol. The van der Waals surface area contributed by atoms with Gasteiger partial charge in [0.25, 0.3) is 0 Å². The molecule has 0 aliphatic carbocycles. The van der Waals surface area contributed by atoms with Crippen molar-refractivity contribution in [1.29, 1.82) is 0 Å². The molecule has 0 N–H and O–H groups in total. The Morgan fingerprint density at radius 1 is 1.14 bits per heavy atom. The van der Waals surface area contributed by atoms with Gasteiger partial charge in [0.05, 0.1) is 5.75 Å². The molecule has 0 unspecified atom stereocenters. The molecule has 2 aromatic rings. The van der Waals surface area contributed by atoms with Gasteiger partial charge in [-0.05, 0) is 35.7 Å². The zero-order chi connectivity index (χ0) is 14.7. The first kappa shape index (κ1) is 14.7. The summed E-state index contributed by atoms with van der Waals surface area (Å²) in [5, 5.41) is 0. The van der Waals surface area contributed by atoms with E-state index < -0.39 is 0 Å². The van der Waals surface area contributed by atoms with E-state index in [1.165, 1.54) is 11.1 Å². The van der Waals surface area contributed by atoms with E-state index in [1.54, 1.807) is 11.8 Å². The number of rotatable bonds is 4. The van der Waals surface area contributed by atoms with E-state index in [2.05, 4.69) is 34.1 Å². The SMILES string of the molecule is O=C(CSCc1ccc(Br)cc1)N1CCc2ccccc21. The lowest BCUT2D eigenvalue weighted by atomic mass is 10.2. The van der Waals surface area contributed by atoms with Gasteiger partial charge in [-0.3, -0.25) is 4.79 Å². The summed E-state index contributed by atoms with van der Waals surface area (Å²) in [4.78, 5) is 14.3. The van der Waals surface area contributed by atoms with E-state index in [4.69, 9.17) is 0 Å². The Balaban J connectivity index is 1.54. The molecule has 3 rings (SSSR count). The van der Waals surface area contributed by atoms with Crippen molar-refractivity contribution >= 4 is 39.3 Å². The number of benzene rings is 2. The number of hydrogen-bond donors (Lipinski definition) is 0. The van der Waals surface area contributed by atoms with Gasteiger partial charge < -0.3 is 4.90 Å². The highest BCUT2D eigenvalue weighted by atomic mass is 79.9. The minimum Gasteiger partial charge on any atom is -0.311 e. The largest absolute Gasteiger partial charge is 0.311 e. The highest BCUT2D eigenvalue weighted by Crippen LogP contribution is 2.28. The van der Waals surface area contributed by atoms with Gasteiger partial charge >= 0.3 is 0 Å². The Hall–Kier alpha value is -1.26. The Morgan fingerprint density at radius 2 is 1.90 bits per heavy atom. The summed E-state index contributed by atoms with van der Waals surface area (Å²) in [6.45, 7) is 0.816. The normalized spacial score (nSPS) is 13.3. The van der Waals surface area contributed by atoms with Gasteiger partial charge in [-0.2, -0.15) is 0 Å². The average Bonchev–Trinajstić information content (AvgIpc) is 2.93. The summed E-state index contributed by atoms with van der Waals surface area (Å²) in [7, 11) is 0. The van der Waals surface area contributed by atoms with Crippen molar-refractivity contribution in [2.45, 2.75) is 12.2 Å². The van der Waals surface area contributed by atoms with E-state index in [1.807, 2.05) is 35.2 Å². The molecule has 2 aromatic carbocycles. The van der Waals surface area contributed by atoms with Gasteiger partial charge in [0.15, 0.2) is 0 Å². The van der Waals surface area contributed by atoms with Crippen LogP contribution in [0.15, 0.2) is 53.0 Å². The smallest absolute Gasteiger partial charge is 0.237 e. The first-order valence-corrected chi connectivity index (χ1v) is 8.89. The fraction of sp³-hybridized carbons (Fsp3) is 0.235. The Labute approximate surface area is 137 Å². The van der Waals surface area contributed by atoms with E-state index in [-0.39, 0.29) is 5.91 Å². The van der Waals surface area contributed by atoms with Crippen LogP contribution in [0.25, 0.3) is 0 Å². The molecule has 21 heavy (non-hydrogen) atoms. The lowest BCUT2D eigenvalue weighted by Crippen LogP contribution is -2.30. The number of hydrogen-bond acceptors (Lipinski definition) is 2. The van der Waals surface area contributed by atoms with Crippen molar-refractivity contribution in [1.82, 2.24) is 0 Å². The second-order valence-corrected chi connectivity index (χ2v) is 6.94. The third-order valence-electron chi connectivity index (χ3n) is 3.60. The van der Waals surface area contributed by atoms with Crippen molar-refractivity contribution in [2.75, 3.05) is 17.2 Å². The van der Waals surface area contributed by atoms with Crippen LogP contribution >= 0.6 is 27.7 Å². The zero-order valence-electron chi connectivity index (χ0n) is 11.6. The molecule has 108 valence electrons. The van der Waals surface area contributed by atoms with Crippen LogP contribution in [0.3, 0.4) is 0 Å². The maximum Gasteiger partial charge on any atom is 0.237 e. The number of para-hydroxylation sites is 1.